The second-order valence-electron chi connectivity index (χ2n) is 5.12. The Morgan fingerprint density at radius 2 is 1.95 bits per heavy atom. The van der Waals surface area contributed by atoms with Crippen LogP contribution in [0, 0.1) is 0 Å². The minimum atomic E-state index is -3.03. The van der Waals surface area contributed by atoms with Crippen LogP contribution < -0.4 is 14.8 Å². The molecule has 2 atom stereocenters. The summed E-state index contributed by atoms with van der Waals surface area (Å²) in [6.07, 6.45) is 3.80. The molecule has 20 heavy (non-hydrogen) atoms. The van der Waals surface area contributed by atoms with E-state index < -0.39 is 9.84 Å². The molecule has 0 saturated heterocycles. The van der Waals surface area contributed by atoms with Crippen molar-refractivity contribution in [3.8, 4) is 11.5 Å². The van der Waals surface area contributed by atoms with E-state index in [-0.39, 0.29) is 11.3 Å². The lowest BCUT2D eigenvalue weighted by Crippen LogP contribution is -2.34. The van der Waals surface area contributed by atoms with Crippen LogP contribution in [0.1, 0.15) is 19.3 Å². The molecule has 1 aromatic rings. The number of ether oxygens (including phenoxy) is 2. The van der Waals surface area contributed by atoms with Crippen LogP contribution in [0.15, 0.2) is 18.2 Å². The molecule has 1 fully saturated rings. The molecule has 6 heteroatoms. The summed E-state index contributed by atoms with van der Waals surface area (Å²) in [7, 11) is 0.150. The summed E-state index contributed by atoms with van der Waals surface area (Å²) in [4.78, 5) is 0. The van der Waals surface area contributed by atoms with Crippen LogP contribution in [0.3, 0.4) is 0 Å². The molecule has 0 heterocycles. The van der Waals surface area contributed by atoms with Crippen molar-refractivity contribution in [1.29, 1.82) is 0 Å². The van der Waals surface area contributed by atoms with E-state index in [0.717, 1.165) is 24.9 Å². The van der Waals surface area contributed by atoms with Crippen molar-refractivity contribution < 1.29 is 17.9 Å². The number of nitrogens with one attached hydrogen (secondary N) is 1. The van der Waals surface area contributed by atoms with Crippen LogP contribution >= 0.6 is 0 Å². The minimum Gasteiger partial charge on any atom is -0.497 e. The number of sulfone groups is 1. The van der Waals surface area contributed by atoms with Gasteiger partial charge in [0.2, 0.25) is 0 Å². The molecule has 0 radical (unpaired) electrons. The van der Waals surface area contributed by atoms with Crippen LogP contribution in [0.4, 0.5) is 5.69 Å². The first-order valence-corrected chi connectivity index (χ1v) is 8.58. The Hall–Kier alpha value is -1.43. The molecule has 1 N–H and O–H groups in total. The zero-order valence-electron chi connectivity index (χ0n) is 12.0. The summed E-state index contributed by atoms with van der Waals surface area (Å²) < 4.78 is 34.1. The van der Waals surface area contributed by atoms with Gasteiger partial charge in [-0.25, -0.2) is 8.42 Å². The zero-order valence-corrected chi connectivity index (χ0v) is 12.9. The average molecular weight is 299 g/mol. The van der Waals surface area contributed by atoms with E-state index in [9.17, 15) is 8.42 Å². The van der Waals surface area contributed by atoms with Gasteiger partial charge in [-0.2, -0.15) is 0 Å². The Morgan fingerprint density at radius 1 is 1.20 bits per heavy atom. The molecule has 0 bridgehead atoms. The van der Waals surface area contributed by atoms with Crippen LogP contribution in [-0.4, -0.2) is 40.2 Å². The van der Waals surface area contributed by atoms with Crippen LogP contribution in [0.2, 0.25) is 0 Å². The Bertz CT molecular complexity index is 571. The van der Waals surface area contributed by atoms with Gasteiger partial charge in [0.25, 0.3) is 0 Å². The SMILES string of the molecule is COc1ccc(NC2CCCC2S(C)(=O)=O)c(OC)c1. The van der Waals surface area contributed by atoms with E-state index >= 15 is 0 Å². The third kappa shape index (κ3) is 3.17. The normalized spacial score (nSPS) is 22.6. The molecule has 0 spiro atoms. The standard InChI is InChI=1S/C14H21NO4S/c1-18-10-7-8-11(13(9-10)19-2)15-12-5-4-6-14(12)20(3,16)17/h7-9,12,14-15H,4-6H2,1-3H3. The molecule has 1 aromatic carbocycles. The van der Waals surface area contributed by atoms with Crippen molar-refractivity contribution in [2.24, 2.45) is 0 Å². The molecule has 1 saturated carbocycles. The third-order valence-electron chi connectivity index (χ3n) is 3.75. The molecular formula is C14H21NO4S. The lowest BCUT2D eigenvalue weighted by molar-refractivity contribution is 0.395. The Kier molecular flexibility index (Phi) is 4.42. The lowest BCUT2D eigenvalue weighted by Gasteiger charge is -2.22. The number of hydrogen-bond acceptors (Lipinski definition) is 5. The van der Waals surface area contributed by atoms with Crippen LogP contribution in [0.5, 0.6) is 11.5 Å². The van der Waals surface area contributed by atoms with E-state index in [1.165, 1.54) is 6.26 Å². The largest absolute Gasteiger partial charge is 0.497 e. The summed E-state index contributed by atoms with van der Waals surface area (Å²) in [5.74, 6) is 1.36. The molecule has 0 aromatic heterocycles. The molecular weight excluding hydrogens is 278 g/mol. The molecule has 1 aliphatic rings. The van der Waals surface area contributed by atoms with Gasteiger partial charge in [0, 0.05) is 18.4 Å². The van der Waals surface area contributed by atoms with Gasteiger partial charge in [-0.05, 0) is 31.4 Å². The maximum absolute atomic E-state index is 11.8. The van der Waals surface area contributed by atoms with Gasteiger partial charge >= 0.3 is 0 Å². The van der Waals surface area contributed by atoms with Crippen molar-refractivity contribution in [1.82, 2.24) is 0 Å². The van der Waals surface area contributed by atoms with Crippen LogP contribution in [0.25, 0.3) is 0 Å². The molecule has 1 aliphatic carbocycles. The van der Waals surface area contributed by atoms with E-state index in [1.807, 2.05) is 12.1 Å². The Morgan fingerprint density at radius 3 is 2.55 bits per heavy atom. The summed E-state index contributed by atoms with van der Waals surface area (Å²) in [5, 5.41) is 2.98. The van der Waals surface area contributed by atoms with Gasteiger partial charge < -0.3 is 14.8 Å². The summed E-state index contributed by atoms with van der Waals surface area (Å²) >= 11 is 0. The molecule has 5 nitrogen and oxygen atoms in total. The number of benzene rings is 1. The van der Waals surface area contributed by atoms with Gasteiger partial charge in [0.15, 0.2) is 9.84 Å². The fourth-order valence-corrected chi connectivity index (χ4v) is 4.12. The number of anilines is 1. The summed E-state index contributed by atoms with van der Waals surface area (Å²) in [5.41, 5.74) is 0.800. The smallest absolute Gasteiger partial charge is 0.152 e. The van der Waals surface area contributed by atoms with Gasteiger partial charge in [-0.3, -0.25) is 0 Å². The summed E-state index contributed by atoms with van der Waals surface area (Å²) in [6.45, 7) is 0. The van der Waals surface area contributed by atoms with Gasteiger partial charge in [0.1, 0.15) is 11.5 Å². The average Bonchev–Trinajstić information content (AvgIpc) is 2.87. The Balaban J connectivity index is 2.21. The highest BCUT2D eigenvalue weighted by molar-refractivity contribution is 7.91. The fraction of sp³-hybridized carbons (Fsp3) is 0.571. The predicted octanol–water partition coefficient (Wildman–Crippen LogP) is 2.08. The quantitative estimate of drug-likeness (QED) is 0.902. The zero-order chi connectivity index (χ0) is 14.8. The van der Waals surface area contributed by atoms with E-state index in [0.29, 0.717) is 11.5 Å². The monoisotopic (exact) mass is 299 g/mol. The predicted molar refractivity (Wildman–Crippen MR) is 79.4 cm³/mol. The maximum Gasteiger partial charge on any atom is 0.152 e. The lowest BCUT2D eigenvalue weighted by atomic mass is 10.2. The van der Waals surface area contributed by atoms with Gasteiger partial charge in [0.05, 0.1) is 25.2 Å². The van der Waals surface area contributed by atoms with Crippen molar-refractivity contribution in [2.75, 3.05) is 25.8 Å². The Labute approximate surface area is 120 Å². The van der Waals surface area contributed by atoms with E-state index in [4.69, 9.17) is 9.47 Å². The maximum atomic E-state index is 11.8. The highest BCUT2D eigenvalue weighted by Gasteiger charge is 2.35. The first-order valence-electron chi connectivity index (χ1n) is 6.63. The fourth-order valence-electron chi connectivity index (χ4n) is 2.72. The van der Waals surface area contributed by atoms with Crippen molar-refractivity contribution in [2.45, 2.75) is 30.6 Å². The van der Waals surface area contributed by atoms with Crippen molar-refractivity contribution >= 4 is 15.5 Å². The highest BCUT2D eigenvalue weighted by Crippen LogP contribution is 2.33. The molecule has 0 aliphatic heterocycles. The topological polar surface area (TPSA) is 64.6 Å². The van der Waals surface area contributed by atoms with E-state index in [1.54, 1.807) is 20.3 Å². The number of rotatable bonds is 5. The molecule has 0 amide bonds. The number of hydrogen-bond donors (Lipinski definition) is 1. The van der Waals surface area contributed by atoms with Gasteiger partial charge in [-0.1, -0.05) is 0 Å². The second kappa shape index (κ2) is 5.91. The first-order chi connectivity index (χ1) is 9.45. The van der Waals surface area contributed by atoms with Crippen molar-refractivity contribution in [3.05, 3.63) is 18.2 Å². The van der Waals surface area contributed by atoms with Crippen molar-refractivity contribution in [3.63, 3.8) is 0 Å². The van der Waals surface area contributed by atoms with Gasteiger partial charge in [-0.15, -0.1) is 0 Å². The molecule has 112 valence electrons. The molecule has 2 unspecified atom stereocenters. The third-order valence-corrected chi connectivity index (χ3v) is 5.42. The number of methoxy groups -OCH3 is 2. The minimum absolute atomic E-state index is 0.0627. The highest BCUT2D eigenvalue weighted by atomic mass is 32.2. The molecule has 2 rings (SSSR count). The van der Waals surface area contributed by atoms with E-state index in [2.05, 4.69) is 5.32 Å². The second-order valence-corrected chi connectivity index (χ2v) is 7.38. The first kappa shape index (κ1) is 15.0. The summed E-state index contributed by atoms with van der Waals surface area (Å²) in [6, 6.07) is 5.41. The van der Waals surface area contributed by atoms with Crippen LogP contribution in [-0.2, 0) is 9.84 Å².